The Balaban J connectivity index is 1.66. The lowest BCUT2D eigenvalue weighted by atomic mass is 10.1. The summed E-state index contributed by atoms with van der Waals surface area (Å²) in [5.74, 6) is -0.557. The Kier molecular flexibility index (Phi) is 11.3. The summed E-state index contributed by atoms with van der Waals surface area (Å²) in [4.78, 5) is 27.6. The molecule has 1 heterocycles. The predicted octanol–water partition coefficient (Wildman–Crippen LogP) is 4.71. The number of nitrogens with zero attached hydrogens (tertiary/aromatic N) is 5. The molecule has 3 rings (SSSR count). The molecular formula is C27H31F3N6O8S. The minimum absolute atomic E-state index is 0.0610. The van der Waals surface area contributed by atoms with Gasteiger partial charge in [-0.2, -0.15) is 18.3 Å². The second-order valence-electron chi connectivity index (χ2n) is 9.63. The molecule has 0 bridgehead atoms. The van der Waals surface area contributed by atoms with Crippen molar-refractivity contribution in [3.63, 3.8) is 0 Å². The number of halogens is 3. The van der Waals surface area contributed by atoms with E-state index in [9.17, 15) is 36.4 Å². The van der Waals surface area contributed by atoms with Gasteiger partial charge in [0.1, 0.15) is 13.2 Å². The average Bonchev–Trinajstić information content (AvgIpc) is 3.44. The minimum atomic E-state index is -4.72. The summed E-state index contributed by atoms with van der Waals surface area (Å²) in [5, 5.41) is 20.2. The Morgan fingerprint density at radius 2 is 1.76 bits per heavy atom. The number of benzene rings is 2. The van der Waals surface area contributed by atoms with Crippen molar-refractivity contribution in [1.82, 2.24) is 19.5 Å². The smallest absolute Gasteiger partial charge is 0.435 e. The van der Waals surface area contributed by atoms with Crippen LogP contribution in [-0.2, 0) is 35.3 Å². The van der Waals surface area contributed by atoms with Gasteiger partial charge in [0.25, 0.3) is 16.8 Å². The molecule has 1 aromatic heterocycles. The monoisotopic (exact) mass is 656 g/mol. The van der Waals surface area contributed by atoms with Crippen molar-refractivity contribution in [2.75, 3.05) is 19.9 Å². The number of aromatic nitrogens is 2. The first-order valence-corrected chi connectivity index (χ1v) is 14.9. The molecular weight excluding hydrogens is 625 g/mol. The molecule has 0 radical (unpaired) electrons. The van der Waals surface area contributed by atoms with Crippen LogP contribution in [0.1, 0.15) is 38.4 Å². The number of hydrogen-bond acceptors (Lipinski definition) is 10. The fourth-order valence-electron chi connectivity index (χ4n) is 3.70. The zero-order chi connectivity index (χ0) is 33.4. The topological polar surface area (TPSA) is 167 Å². The number of sulfonamides is 1. The van der Waals surface area contributed by atoms with E-state index in [0.717, 1.165) is 33.5 Å². The summed E-state index contributed by atoms with van der Waals surface area (Å²) in [6, 6.07) is 11.9. The molecule has 0 aliphatic rings. The highest BCUT2D eigenvalue weighted by atomic mass is 32.2. The van der Waals surface area contributed by atoms with Gasteiger partial charge in [0.05, 0.1) is 27.3 Å². The first-order valence-electron chi connectivity index (χ1n) is 13.4. The SMILES string of the molecule is CCC(=O)OCO/N=[N+](\[O-])N(CCOC(=O)NS(=O)(=O)c1ccc(-n2nc(C(F)(F)F)cc2-c2ccc(C)cc2)cc1)C(C)C. The van der Waals surface area contributed by atoms with Gasteiger partial charge in [-0.3, -0.25) is 4.79 Å². The first-order chi connectivity index (χ1) is 21.1. The maximum Gasteiger partial charge on any atom is 0.435 e. The highest BCUT2D eigenvalue weighted by Gasteiger charge is 2.35. The molecule has 0 saturated heterocycles. The number of ether oxygens (including phenoxy) is 2. The van der Waals surface area contributed by atoms with Crippen LogP contribution < -0.4 is 4.72 Å². The maximum absolute atomic E-state index is 13.5. The molecule has 45 heavy (non-hydrogen) atoms. The summed E-state index contributed by atoms with van der Waals surface area (Å²) < 4.78 is 78.2. The molecule has 0 spiro atoms. The van der Waals surface area contributed by atoms with Crippen molar-refractivity contribution in [1.29, 1.82) is 0 Å². The lowest BCUT2D eigenvalue weighted by Crippen LogP contribution is -2.40. The van der Waals surface area contributed by atoms with Crippen molar-refractivity contribution in [2.24, 2.45) is 5.28 Å². The third kappa shape index (κ3) is 9.56. The van der Waals surface area contributed by atoms with Gasteiger partial charge < -0.3 is 19.5 Å². The highest BCUT2D eigenvalue weighted by Crippen LogP contribution is 2.33. The molecule has 0 fully saturated rings. The Morgan fingerprint density at radius 1 is 1.11 bits per heavy atom. The third-order valence-electron chi connectivity index (χ3n) is 6.01. The van der Waals surface area contributed by atoms with E-state index < -0.39 is 53.4 Å². The second kappa shape index (κ2) is 14.7. The number of rotatable bonds is 13. The number of esters is 1. The number of carbonyl (C=O) groups is 2. The van der Waals surface area contributed by atoms with Crippen molar-refractivity contribution in [3.05, 3.63) is 71.1 Å². The number of amides is 1. The molecule has 1 N–H and O–H groups in total. The number of nitrogens with one attached hydrogen (secondary N) is 1. The Morgan fingerprint density at radius 3 is 2.33 bits per heavy atom. The van der Waals surface area contributed by atoms with Gasteiger partial charge in [0, 0.05) is 12.0 Å². The van der Waals surface area contributed by atoms with E-state index in [1.165, 1.54) is 12.1 Å². The normalized spacial score (nSPS) is 12.1. The highest BCUT2D eigenvalue weighted by molar-refractivity contribution is 7.90. The van der Waals surface area contributed by atoms with E-state index >= 15 is 0 Å². The fraction of sp³-hybridized carbons (Fsp3) is 0.370. The molecule has 1 amide bonds. The van der Waals surface area contributed by atoms with Crippen LogP contribution in [0.2, 0.25) is 0 Å². The average molecular weight is 657 g/mol. The van der Waals surface area contributed by atoms with Gasteiger partial charge in [-0.1, -0.05) is 36.8 Å². The quantitative estimate of drug-likeness (QED) is 0.0679. The van der Waals surface area contributed by atoms with Gasteiger partial charge in [-0.25, -0.2) is 22.6 Å². The molecule has 3 aromatic rings. The number of aryl methyl sites for hydroxylation is 1. The molecule has 18 heteroatoms. The third-order valence-corrected chi connectivity index (χ3v) is 7.34. The van der Waals surface area contributed by atoms with E-state index in [1.807, 2.05) is 6.92 Å². The molecule has 0 unspecified atom stereocenters. The van der Waals surface area contributed by atoms with Gasteiger partial charge in [0.2, 0.25) is 5.28 Å². The minimum Gasteiger partial charge on any atom is -0.569 e. The van der Waals surface area contributed by atoms with Crippen molar-refractivity contribution >= 4 is 22.1 Å². The number of hydrazine groups is 1. The standard InChI is InChI=1S/C27H31F3N6O8S/c1-5-25(37)43-17-44-33-36(39)34(18(2)3)14-15-42-26(38)32-45(40,41)22-12-10-21(11-13-22)35-23(16-24(31-35)27(28,29)30)20-8-6-19(4)7-9-20/h6-13,16,18H,5,14-15,17H2,1-4H3,(H,32,38)/b36-33-. The molecule has 0 saturated carbocycles. The second-order valence-corrected chi connectivity index (χ2v) is 11.3. The first kappa shape index (κ1) is 34.6. The molecule has 244 valence electrons. The summed E-state index contributed by atoms with van der Waals surface area (Å²) in [7, 11) is -4.45. The van der Waals surface area contributed by atoms with Crippen LogP contribution in [0.5, 0.6) is 0 Å². The molecule has 2 aromatic carbocycles. The lowest BCUT2D eigenvalue weighted by Gasteiger charge is -2.21. The van der Waals surface area contributed by atoms with E-state index in [0.29, 0.717) is 5.56 Å². The molecule has 0 aliphatic heterocycles. The van der Waals surface area contributed by atoms with E-state index in [-0.39, 0.29) is 34.2 Å². The zero-order valence-corrected chi connectivity index (χ0v) is 25.5. The number of alkyl halides is 3. The van der Waals surface area contributed by atoms with Crippen LogP contribution in [0.4, 0.5) is 18.0 Å². The van der Waals surface area contributed by atoms with E-state index in [1.54, 1.807) is 49.8 Å². The van der Waals surface area contributed by atoms with Crippen LogP contribution in [0.3, 0.4) is 0 Å². The van der Waals surface area contributed by atoms with Crippen LogP contribution in [0.25, 0.3) is 16.9 Å². The molecule has 0 atom stereocenters. The summed E-state index contributed by atoms with van der Waals surface area (Å²) in [6.45, 7) is 5.43. The zero-order valence-electron chi connectivity index (χ0n) is 24.6. The van der Waals surface area contributed by atoms with Crippen LogP contribution in [-0.4, -0.2) is 66.2 Å². The van der Waals surface area contributed by atoms with Gasteiger partial charge >= 0.3 is 18.2 Å². The number of hydrogen-bond donors (Lipinski definition) is 1. The Labute approximate surface area is 256 Å². The van der Waals surface area contributed by atoms with Gasteiger partial charge in [-0.15, -0.1) is 5.01 Å². The lowest BCUT2D eigenvalue weighted by molar-refractivity contribution is -0.718. The summed E-state index contributed by atoms with van der Waals surface area (Å²) >= 11 is 0. The summed E-state index contributed by atoms with van der Waals surface area (Å²) in [6.07, 6.45) is -5.96. The summed E-state index contributed by atoms with van der Waals surface area (Å²) in [5.41, 5.74) is 0.496. The van der Waals surface area contributed by atoms with Gasteiger partial charge in [-0.05, 0) is 51.1 Å². The largest absolute Gasteiger partial charge is 0.569 e. The van der Waals surface area contributed by atoms with Crippen molar-refractivity contribution in [3.8, 4) is 16.9 Å². The molecule has 14 nitrogen and oxygen atoms in total. The number of carbonyl (C=O) groups excluding carboxylic acids is 2. The Hall–Kier alpha value is -4.87. The van der Waals surface area contributed by atoms with Crippen molar-refractivity contribution in [2.45, 2.75) is 51.2 Å². The maximum atomic E-state index is 13.5. The fourth-order valence-corrected chi connectivity index (χ4v) is 4.59. The van der Waals surface area contributed by atoms with Crippen LogP contribution >= 0.6 is 0 Å². The Bertz CT molecular complexity index is 1610. The van der Waals surface area contributed by atoms with Crippen molar-refractivity contribution < 1.29 is 50.5 Å². The molecule has 0 aliphatic carbocycles. The van der Waals surface area contributed by atoms with E-state index in [2.05, 4.69) is 20.0 Å². The van der Waals surface area contributed by atoms with E-state index in [4.69, 9.17) is 4.74 Å². The predicted molar refractivity (Wildman–Crippen MR) is 151 cm³/mol. The van der Waals surface area contributed by atoms with Gasteiger partial charge in [0.15, 0.2) is 5.69 Å². The van der Waals surface area contributed by atoms with Crippen LogP contribution in [0.15, 0.2) is 64.8 Å². The van der Waals surface area contributed by atoms with Crippen LogP contribution in [0, 0.1) is 12.1 Å².